The largest absolute Gasteiger partial charge is 0.352 e. The maximum absolute atomic E-state index is 13.0. The molecular weight excluding hydrogens is 428 g/mol. The summed E-state index contributed by atoms with van der Waals surface area (Å²) in [6.45, 7) is 9.59. The van der Waals surface area contributed by atoms with Gasteiger partial charge in [0, 0.05) is 43.0 Å². The molecule has 0 unspecified atom stereocenters. The molecule has 1 saturated heterocycles. The van der Waals surface area contributed by atoms with Gasteiger partial charge in [0.15, 0.2) is 0 Å². The standard InChI is InChI=1S/C27H34N4OS/c1-18(2)17-23-28-25(24-21-7-5-4-6-8-22(21)33-26(24)29-23)30-13-15-31(16-14-30)27(32)20-11-9-19(3)10-12-20/h9-12,18H,4-8,13-17H2,1-3H3. The quantitative estimate of drug-likeness (QED) is 0.485. The second-order valence-electron chi connectivity index (χ2n) is 9.95. The fourth-order valence-corrected chi connectivity index (χ4v) is 6.32. The zero-order valence-electron chi connectivity index (χ0n) is 20.1. The van der Waals surface area contributed by atoms with Gasteiger partial charge in [-0.25, -0.2) is 9.97 Å². The van der Waals surface area contributed by atoms with Crippen LogP contribution >= 0.6 is 11.3 Å². The van der Waals surface area contributed by atoms with E-state index in [0.29, 0.717) is 5.92 Å². The summed E-state index contributed by atoms with van der Waals surface area (Å²) in [5.74, 6) is 2.73. The van der Waals surface area contributed by atoms with Crippen molar-refractivity contribution >= 4 is 33.3 Å². The number of piperazine rings is 1. The Morgan fingerprint density at radius 2 is 1.73 bits per heavy atom. The molecule has 0 bridgehead atoms. The molecule has 2 aromatic heterocycles. The minimum absolute atomic E-state index is 0.132. The summed E-state index contributed by atoms with van der Waals surface area (Å²) in [4.78, 5) is 30.2. The Labute approximate surface area is 200 Å². The number of carbonyl (C=O) groups is 1. The lowest BCUT2D eigenvalue weighted by Crippen LogP contribution is -2.49. The van der Waals surface area contributed by atoms with E-state index in [-0.39, 0.29) is 5.91 Å². The highest BCUT2D eigenvalue weighted by Gasteiger charge is 2.27. The lowest BCUT2D eigenvalue weighted by molar-refractivity contribution is 0.0746. The molecule has 3 heterocycles. The van der Waals surface area contributed by atoms with Gasteiger partial charge in [0.2, 0.25) is 0 Å². The van der Waals surface area contributed by atoms with Crippen molar-refractivity contribution in [2.75, 3.05) is 31.1 Å². The molecular formula is C27H34N4OS. The highest BCUT2D eigenvalue weighted by molar-refractivity contribution is 7.19. The molecule has 1 fully saturated rings. The van der Waals surface area contributed by atoms with Gasteiger partial charge in [0.1, 0.15) is 16.5 Å². The summed E-state index contributed by atoms with van der Waals surface area (Å²) in [6, 6.07) is 7.91. The van der Waals surface area contributed by atoms with E-state index >= 15 is 0 Å². The Morgan fingerprint density at radius 1 is 1.00 bits per heavy atom. The normalized spacial score (nSPS) is 16.8. The van der Waals surface area contributed by atoms with Crippen LogP contribution in [0.15, 0.2) is 24.3 Å². The summed E-state index contributed by atoms with van der Waals surface area (Å²) in [5.41, 5.74) is 3.45. The number of hydrogen-bond acceptors (Lipinski definition) is 5. The van der Waals surface area contributed by atoms with Crippen LogP contribution in [-0.2, 0) is 19.3 Å². The molecule has 174 valence electrons. The van der Waals surface area contributed by atoms with Crippen LogP contribution in [0.2, 0.25) is 0 Å². The van der Waals surface area contributed by atoms with Crippen molar-refractivity contribution in [1.82, 2.24) is 14.9 Å². The van der Waals surface area contributed by atoms with Crippen LogP contribution in [0.1, 0.15) is 65.3 Å². The molecule has 6 heteroatoms. The molecule has 0 atom stereocenters. The number of carbonyl (C=O) groups excluding carboxylic acids is 1. The third kappa shape index (κ3) is 4.63. The second-order valence-corrected chi connectivity index (χ2v) is 11.0. The molecule has 2 aliphatic rings. The first-order valence-corrected chi connectivity index (χ1v) is 13.2. The molecule has 5 rings (SSSR count). The first-order chi connectivity index (χ1) is 16.0. The zero-order valence-corrected chi connectivity index (χ0v) is 20.9. The van der Waals surface area contributed by atoms with E-state index in [4.69, 9.17) is 9.97 Å². The molecule has 5 nitrogen and oxygen atoms in total. The maximum Gasteiger partial charge on any atom is 0.253 e. The minimum atomic E-state index is 0.132. The van der Waals surface area contributed by atoms with Crippen LogP contribution in [0, 0.1) is 12.8 Å². The van der Waals surface area contributed by atoms with E-state index in [0.717, 1.165) is 56.2 Å². The van der Waals surface area contributed by atoms with Crippen molar-refractivity contribution in [1.29, 1.82) is 0 Å². The van der Waals surface area contributed by atoms with Crippen LogP contribution < -0.4 is 4.90 Å². The number of nitrogens with zero attached hydrogens (tertiary/aromatic N) is 4. The summed E-state index contributed by atoms with van der Waals surface area (Å²) < 4.78 is 0. The third-order valence-corrected chi connectivity index (χ3v) is 8.03. The van der Waals surface area contributed by atoms with Crippen molar-refractivity contribution in [3.05, 3.63) is 51.7 Å². The van der Waals surface area contributed by atoms with Crippen molar-refractivity contribution in [3.8, 4) is 0 Å². The van der Waals surface area contributed by atoms with Gasteiger partial charge >= 0.3 is 0 Å². The predicted molar refractivity (Wildman–Crippen MR) is 137 cm³/mol. The summed E-state index contributed by atoms with van der Waals surface area (Å²) in [6.07, 6.45) is 7.06. The lowest BCUT2D eigenvalue weighted by Gasteiger charge is -2.36. The first-order valence-electron chi connectivity index (χ1n) is 12.4. The van der Waals surface area contributed by atoms with E-state index in [1.807, 2.05) is 47.4 Å². The minimum Gasteiger partial charge on any atom is -0.352 e. The Bertz CT molecular complexity index is 1140. The van der Waals surface area contributed by atoms with Gasteiger partial charge in [-0.1, -0.05) is 38.0 Å². The number of aromatic nitrogens is 2. The Morgan fingerprint density at radius 3 is 2.45 bits per heavy atom. The third-order valence-electron chi connectivity index (χ3n) is 6.85. The fourth-order valence-electron chi connectivity index (χ4n) is 5.04. The molecule has 0 spiro atoms. The number of thiophene rings is 1. The summed E-state index contributed by atoms with van der Waals surface area (Å²) in [7, 11) is 0. The monoisotopic (exact) mass is 462 g/mol. The maximum atomic E-state index is 13.0. The molecule has 1 aliphatic heterocycles. The van der Waals surface area contributed by atoms with Crippen molar-refractivity contribution < 1.29 is 4.79 Å². The van der Waals surface area contributed by atoms with E-state index in [1.54, 1.807) is 0 Å². The average Bonchev–Trinajstić information content (AvgIpc) is 2.99. The highest BCUT2D eigenvalue weighted by atomic mass is 32.1. The van der Waals surface area contributed by atoms with Crippen LogP contribution in [0.3, 0.4) is 0 Å². The lowest BCUT2D eigenvalue weighted by atomic mass is 10.1. The van der Waals surface area contributed by atoms with Crippen LogP contribution in [0.4, 0.5) is 5.82 Å². The van der Waals surface area contributed by atoms with E-state index in [1.165, 1.54) is 51.9 Å². The first kappa shape index (κ1) is 22.3. The van der Waals surface area contributed by atoms with Crippen molar-refractivity contribution in [3.63, 3.8) is 0 Å². The SMILES string of the molecule is Cc1ccc(C(=O)N2CCN(c3nc(CC(C)C)nc4sc5c(c34)CCCCC5)CC2)cc1. The number of anilines is 1. The molecule has 1 aromatic carbocycles. The molecule has 3 aromatic rings. The number of benzene rings is 1. The van der Waals surface area contributed by atoms with E-state index < -0.39 is 0 Å². The molecule has 0 N–H and O–H groups in total. The Balaban J connectivity index is 1.43. The van der Waals surface area contributed by atoms with Gasteiger partial charge < -0.3 is 9.80 Å². The number of fused-ring (bicyclic) bond motifs is 3. The molecule has 1 amide bonds. The number of hydrogen-bond donors (Lipinski definition) is 0. The van der Waals surface area contributed by atoms with Gasteiger partial charge in [-0.15, -0.1) is 11.3 Å². The number of aryl methyl sites for hydroxylation is 3. The number of amides is 1. The Kier molecular flexibility index (Phi) is 6.37. The van der Waals surface area contributed by atoms with Gasteiger partial charge in [0.05, 0.1) is 5.39 Å². The van der Waals surface area contributed by atoms with E-state index in [9.17, 15) is 4.79 Å². The predicted octanol–water partition coefficient (Wildman–Crippen LogP) is 5.43. The molecule has 1 aliphatic carbocycles. The van der Waals surface area contributed by atoms with Crippen LogP contribution in [0.25, 0.3) is 10.2 Å². The highest BCUT2D eigenvalue weighted by Crippen LogP contribution is 2.39. The Hall–Kier alpha value is -2.47. The van der Waals surface area contributed by atoms with Crippen molar-refractivity contribution in [2.24, 2.45) is 5.92 Å². The average molecular weight is 463 g/mol. The fraction of sp³-hybridized carbons (Fsp3) is 0.519. The van der Waals surface area contributed by atoms with Crippen LogP contribution in [-0.4, -0.2) is 47.0 Å². The zero-order chi connectivity index (χ0) is 22.9. The topological polar surface area (TPSA) is 49.3 Å². The molecule has 33 heavy (non-hydrogen) atoms. The van der Waals surface area contributed by atoms with Crippen molar-refractivity contribution in [2.45, 2.75) is 59.3 Å². The summed E-state index contributed by atoms with van der Waals surface area (Å²) in [5, 5.41) is 1.29. The smallest absolute Gasteiger partial charge is 0.253 e. The van der Waals surface area contributed by atoms with Gasteiger partial charge in [-0.3, -0.25) is 4.79 Å². The second kappa shape index (κ2) is 9.41. The van der Waals surface area contributed by atoms with E-state index in [2.05, 4.69) is 18.7 Å². The van der Waals surface area contributed by atoms with Crippen LogP contribution in [0.5, 0.6) is 0 Å². The van der Waals surface area contributed by atoms with Gasteiger partial charge in [-0.2, -0.15) is 0 Å². The van der Waals surface area contributed by atoms with Gasteiger partial charge in [-0.05, 0) is 56.2 Å². The van der Waals surface area contributed by atoms with Gasteiger partial charge in [0.25, 0.3) is 5.91 Å². The summed E-state index contributed by atoms with van der Waals surface area (Å²) >= 11 is 1.89. The number of rotatable bonds is 4. The molecule has 0 saturated carbocycles. The molecule has 0 radical (unpaired) electrons.